The number of hydrogen-bond acceptors (Lipinski definition) is 15. The van der Waals surface area contributed by atoms with E-state index in [9.17, 15) is 69.7 Å². The molecule has 0 saturated heterocycles. The number of carbonyl (C=O) groups is 7. The fourth-order valence-electron chi connectivity index (χ4n) is 14.7. The van der Waals surface area contributed by atoms with Gasteiger partial charge in [0.15, 0.2) is 11.5 Å². The summed E-state index contributed by atoms with van der Waals surface area (Å²) in [6.07, 6.45) is 11.7. The quantitative estimate of drug-likeness (QED) is 0.0100. The molecule has 109 heavy (non-hydrogen) atoms. The van der Waals surface area contributed by atoms with E-state index in [1.54, 1.807) is 36.4 Å². The van der Waals surface area contributed by atoms with Crippen molar-refractivity contribution in [1.82, 2.24) is 16.0 Å². The minimum absolute atomic E-state index is 0.0209. The topological polar surface area (TPSA) is 359 Å². The number of carbonyl (C=O) groups excluding carboxylic acids is 4. The van der Waals surface area contributed by atoms with Gasteiger partial charge in [0.2, 0.25) is 11.6 Å². The zero-order valence-electron chi connectivity index (χ0n) is 62.2. The number of ketones is 2. The van der Waals surface area contributed by atoms with Gasteiger partial charge in [0.25, 0.3) is 20.2 Å². The molecule has 0 aromatic heterocycles. The van der Waals surface area contributed by atoms with Crippen LogP contribution in [0.1, 0.15) is 146 Å². The van der Waals surface area contributed by atoms with Crippen LogP contribution in [0, 0.1) is 5.92 Å². The molecule has 9 rings (SSSR count). The van der Waals surface area contributed by atoms with Crippen LogP contribution >= 0.6 is 0 Å². The van der Waals surface area contributed by atoms with Gasteiger partial charge in [-0.3, -0.25) is 33.1 Å². The van der Waals surface area contributed by atoms with Crippen molar-refractivity contribution in [3.63, 3.8) is 0 Å². The van der Waals surface area contributed by atoms with Crippen LogP contribution in [0.2, 0.25) is 0 Å². The number of nitrogens with one attached hydrogen (secondary N) is 3. The number of unbranched alkanes of at least 4 members (excludes halogenated alkanes) is 2. The summed E-state index contributed by atoms with van der Waals surface area (Å²) in [5.74, 6) is -5.55. The predicted octanol–water partition coefficient (Wildman–Crippen LogP) is 12.5. The number of carboxylic acids is 3. The zero-order valence-corrected chi connectivity index (χ0v) is 63.8. The van der Waals surface area contributed by atoms with E-state index >= 15 is 0 Å². The molecule has 3 aliphatic rings. The highest BCUT2D eigenvalue weighted by Crippen LogP contribution is 2.51. The number of fused-ring (bicyclic) bond motifs is 6. The Bertz CT molecular complexity index is 4700. The number of anilines is 1. The molecule has 1 aliphatic carbocycles. The highest BCUT2D eigenvalue weighted by atomic mass is 32.2. The van der Waals surface area contributed by atoms with Gasteiger partial charge in [0.1, 0.15) is 29.9 Å². The van der Waals surface area contributed by atoms with Gasteiger partial charge in [-0.15, -0.1) is 0 Å². The van der Waals surface area contributed by atoms with E-state index in [2.05, 4.69) is 126 Å². The van der Waals surface area contributed by atoms with Crippen LogP contribution in [0.15, 0.2) is 174 Å². The molecule has 3 atom stereocenters. The lowest BCUT2D eigenvalue weighted by Crippen LogP contribution is -2.46. The molecule has 0 radical (unpaired) electrons. The average molecular weight is 1540 g/mol. The predicted molar refractivity (Wildman–Crippen MR) is 417 cm³/mol. The van der Waals surface area contributed by atoms with Crippen LogP contribution in [0.5, 0.6) is 5.75 Å². The molecule has 6 aromatic rings. The van der Waals surface area contributed by atoms with E-state index in [4.69, 9.17) is 19.3 Å². The second-order valence-corrected chi connectivity index (χ2v) is 32.1. The number of ether oxygens (including phenoxy) is 3. The molecule has 582 valence electrons. The van der Waals surface area contributed by atoms with Crippen molar-refractivity contribution in [1.29, 1.82) is 0 Å². The maximum Gasteiger partial charge on any atom is 0.326 e. The Morgan fingerprint density at radius 2 is 1.24 bits per heavy atom. The first kappa shape index (κ1) is 83.3. The summed E-state index contributed by atoms with van der Waals surface area (Å²) >= 11 is 0. The van der Waals surface area contributed by atoms with Crippen molar-refractivity contribution in [2.45, 2.75) is 160 Å². The van der Waals surface area contributed by atoms with Crippen LogP contribution in [0.25, 0.3) is 21.5 Å². The Labute approximate surface area is 636 Å². The van der Waals surface area contributed by atoms with Gasteiger partial charge in [-0.1, -0.05) is 117 Å². The summed E-state index contributed by atoms with van der Waals surface area (Å²) < 4.78 is 87.5. The number of benzene rings is 6. The lowest BCUT2D eigenvalue weighted by atomic mass is 9.78. The number of allylic oxidation sites excluding steroid dienone is 7. The molecular formula is C83H100N5O19S2+. The molecule has 6 aromatic carbocycles. The lowest BCUT2D eigenvalue weighted by Gasteiger charge is -2.28. The van der Waals surface area contributed by atoms with Gasteiger partial charge in [-0.25, -0.2) is 9.59 Å². The van der Waals surface area contributed by atoms with Gasteiger partial charge < -0.3 is 50.4 Å². The highest BCUT2D eigenvalue weighted by molar-refractivity contribution is 7.86. The van der Waals surface area contributed by atoms with Gasteiger partial charge in [-0.2, -0.15) is 21.4 Å². The SMILES string of the molecule is CC1(C)C(/C=C/C2=C(Oc3ccc(C[C@H](CC(=O)[C@H](Cc4ccccc4)NC(=O)CCOCCOCCCC(=O)CC[C@H](NC(=O)NCCCC(=O)O)C(=O)O)C(=O)O)cc3)C(=C/C=C3/N(CCCCS(=O)(=O)O)c4ccc5ccccc5c4C3(C)C)/CCC2)=[N+](CCCCS(=O)(=O)O)c2ccc3ccccc3c21. The van der Waals surface area contributed by atoms with E-state index in [0.717, 1.165) is 78.6 Å². The van der Waals surface area contributed by atoms with E-state index in [0.29, 0.717) is 62.3 Å². The number of rotatable bonds is 43. The number of aliphatic carboxylic acids is 3. The van der Waals surface area contributed by atoms with Crippen LogP contribution < -0.4 is 25.6 Å². The standard InChI is InChI=1S/C83H99N5O19S2/c1-82(2)72(87(45-12-14-51-108(99,100)101)69-39-31-58-21-8-10-26-65(58)76(69)82)41-33-60-23-16-24-61(34-42-73-83(3,4)77-66-27-11-9-22-59(66)32-40-70(77)88(73)46-13-15-52-109(102,103)104)78(60)107-64-36-29-57(30-37-64)53-62(79(94)95)55-71(90)68(54-56-19-6-5-7-20-56)85-74(91)43-48-106-50-49-105-47-18-25-63(89)35-38-67(80(96)97)86-81(98)84-44-17-28-75(92)93/h5-11,19-22,26-27,29-34,36-37,39-42,62,67-68H,12-18,23-25,28,35,38,43-55H2,1-4H3,(H7-,84,85,86,91,92,93,94,95,96,97,98,99,100,101,102,103,104)/p+1/t62-,67+,68+/m1/s1. The Kier molecular flexibility index (Phi) is 29.5. The number of hydrogen-bond donors (Lipinski definition) is 8. The van der Waals surface area contributed by atoms with Crippen LogP contribution in [-0.2, 0) is 82.1 Å². The van der Waals surface area contributed by atoms with Crippen LogP contribution in [0.3, 0.4) is 0 Å². The van der Waals surface area contributed by atoms with Gasteiger partial charge in [0.05, 0.1) is 48.7 Å². The van der Waals surface area contributed by atoms with Gasteiger partial charge >= 0.3 is 23.9 Å². The first-order valence-corrected chi connectivity index (χ1v) is 40.4. The largest absolute Gasteiger partial charge is 0.481 e. The Morgan fingerprint density at radius 1 is 0.596 bits per heavy atom. The highest BCUT2D eigenvalue weighted by Gasteiger charge is 2.46. The maximum atomic E-state index is 14.3. The second kappa shape index (κ2) is 38.6. The third kappa shape index (κ3) is 23.7. The fraction of sp³-hybridized carbons (Fsp3) is 0.422. The van der Waals surface area contributed by atoms with Crippen LogP contribution in [-0.4, -0.2) is 163 Å². The maximum absolute atomic E-state index is 14.3. The number of carboxylic acid groups (broad SMARTS) is 3. The summed E-state index contributed by atoms with van der Waals surface area (Å²) in [5.41, 5.74) is 8.34. The molecule has 2 heterocycles. The van der Waals surface area contributed by atoms with E-state index in [1.807, 2.05) is 42.5 Å². The summed E-state index contributed by atoms with van der Waals surface area (Å²) in [5, 5.41) is 40.8. The zero-order chi connectivity index (χ0) is 78.5. The second-order valence-electron chi connectivity index (χ2n) is 29.0. The van der Waals surface area contributed by atoms with Crippen molar-refractivity contribution in [2.24, 2.45) is 5.92 Å². The van der Waals surface area contributed by atoms with Crippen LogP contribution in [0.4, 0.5) is 16.2 Å². The number of nitrogens with zero attached hydrogens (tertiary/aromatic N) is 2. The number of urea groups is 1. The number of amides is 3. The van der Waals surface area contributed by atoms with Crippen molar-refractivity contribution < 1.29 is 93.6 Å². The Hall–Kier alpha value is -9.70. The molecule has 3 amide bonds. The van der Waals surface area contributed by atoms with Crippen molar-refractivity contribution in [2.75, 3.05) is 62.5 Å². The summed E-state index contributed by atoms with van der Waals surface area (Å²) in [7, 11) is -8.36. The molecule has 0 unspecified atom stereocenters. The van der Waals surface area contributed by atoms with E-state index < -0.39 is 91.1 Å². The third-order valence-corrected chi connectivity index (χ3v) is 21.7. The van der Waals surface area contributed by atoms with Gasteiger partial charge in [-0.05, 0) is 170 Å². The molecule has 0 spiro atoms. The molecule has 0 bridgehead atoms. The summed E-state index contributed by atoms with van der Waals surface area (Å²) in [4.78, 5) is 90.1. The molecular weight excluding hydrogens is 1440 g/mol. The smallest absolute Gasteiger partial charge is 0.326 e. The third-order valence-electron chi connectivity index (χ3n) is 20.1. The van der Waals surface area contributed by atoms with Crippen molar-refractivity contribution >= 4 is 100 Å². The molecule has 8 N–H and O–H groups in total. The normalized spacial score (nSPS) is 16.3. The number of Topliss-reactive ketones (excluding diaryl/α,β-unsaturated/α-hetero) is 2. The molecule has 2 aliphatic heterocycles. The van der Waals surface area contributed by atoms with Crippen molar-refractivity contribution in [3.8, 4) is 5.75 Å². The first-order valence-electron chi connectivity index (χ1n) is 37.2. The first-order chi connectivity index (χ1) is 52.0. The fourth-order valence-corrected chi connectivity index (χ4v) is 15.8. The molecule has 0 saturated carbocycles. The summed E-state index contributed by atoms with van der Waals surface area (Å²) in [6.45, 7) is 10.2. The van der Waals surface area contributed by atoms with E-state index in [1.165, 1.54) is 0 Å². The average Bonchev–Trinajstić information content (AvgIpc) is 1.58. The van der Waals surface area contributed by atoms with Crippen molar-refractivity contribution in [3.05, 3.63) is 197 Å². The molecule has 26 heteroatoms. The monoisotopic (exact) mass is 1530 g/mol. The Morgan fingerprint density at radius 3 is 1.91 bits per heavy atom. The van der Waals surface area contributed by atoms with Gasteiger partial charge in [0, 0.05) is 92.7 Å². The Balaban J connectivity index is 0.899. The lowest BCUT2D eigenvalue weighted by molar-refractivity contribution is -0.438. The van der Waals surface area contributed by atoms with E-state index in [-0.39, 0.29) is 114 Å². The molecule has 0 fully saturated rings. The summed E-state index contributed by atoms with van der Waals surface area (Å²) in [6, 6.07) is 37.9. The minimum Gasteiger partial charge on any atom is -0.481 e. The molecule has 24 nitrogen and oxygen atoms in total. The minimum atomic E-state index is -4.18.